The molecular formula is C13H11BrIN3O2S. The zero-order valence-electron chi connectivity index (χ0n) is 10.8. The minimum Gasteiger partial charge on any atom is -0.481 e. The smallest absolute Gasteiger partial charge is 0.313 e. The number of rotatable bonds is 5. The van der Waals surface area contributed by atoms with Crippen molar-refractivity contribution in [1.82, 2.24) is 14.8 Å². The second-order valence-electron chi connectivity index (χ2n) is 4.71. The van der Waals surface area contributed by atoms with Gasteiger partial charge in [0.1, 0.15) is 0 Å². The number of benzene rings is 1. The van der Waals surface area contributed by atoms with Crippen molar-refractivity contribution in [2.24, 2.45) is 0 Å². The second kappa shape index (κ2) is 6.25. The molecule has 5 nitrogen and oxygen atoms in total. The summed E-state index contributed by atoms with van der Waals surface area (Å²) >= 11 is 7.04. The molecule has 0 aliphatic heterocycles. The molecule has 1 aromatic carbocycles. The van der Waals surface area contributed by atoms with Gasteiger partial charge < -0.3 is 5.11 Å². The quantitative estimate of drug-likeness (QED) is 0.521. The predicted molar refractivity (Wildman–Crippen MR) is 92.5 cm³/mol. The number of thioether (sulfide) groups is 1. The first kappa shape index (κ1) is 15.3. The summed E-state index contributed by atoms with van der Waals surface area (Å²) in [5, 5.41) is 18.0. The van der Waals surface area contributed by atoms with Crippen LogP contribution >= 0.6 is 50.3 Å². The highest BCUT2D eigenvalue weighted by atomic mass is 127. The number of carbonyl (C=O) groups is 1. The SMILES string of the molecule is O=C(O)CSc1nnc(-c2cc(I)ccc2Br)n1C1CC1. The predicted octanol–water partition coefficient (Wildman–Crippen LogP) is 3.82. The Morgan fingerprint density at radius 1 is 1.48 bits per heavy atom. The van der Waals surface area contributed by atoms with Gasteiger partial charge in [0.25, 0.3) is 0 Å². The summed E-state index contributed by atoms with van der Waals surface area (Å²) in [5.74, 6) is -0.0451. The summed E-state index contributed by atoms with van der Waals surface area (Å²) in [6.45, 7) is 0. The van der Waals surface area contributed by atoms with Crippen LogP contribution in [0.15, 0.2) is 27.8 Å². The van der Waals surface area contributed by atoms with Gasteiger partial charge in [0.2, 0.25) is 0 Å². The van der Waals surface area contributed by atoms with Gasteiger partial charge in [-0.25, -0.2) is 0 Å². The van der Waals surface area contributed by atoms with Crippen LogP contribution < -0.4 is 0 Å². The number of carboxylic acids is 1. The summed E-state index contributed by atoms with van der Waals surface area (Å²) in [6, 6.07) is 6.45. The van der Waals surface area contributed by atoms with Crippen LogP contribution in [0.2, 0.25) is 0 Å². The fourth-order valence-corrected chi connectivity index (χ4v) is 3.66. The molecule has 0 amide bonds. The molecule has 1 aromatic heterocycles. The van der Waals surface area contributed by atoms with Crippen molar-refractivity contribution in [3.63, 3.8) is 0 Å². The maximum atomic E-state index is 10.8. The summed E-state index contributed by atoms with van der Waals surface area (Å²) in [6.07, 6.45) is 2.18. The topological polar surface area (TPSA) is 68.0 Å². The number of nitrogens with zero attached hydrogens (tertiary/aromatic N) is 3. The van der Waals surface area contributed by atoms with Crippen molar-refractivity contribution in [3.8, 4) is 11.4 Å². The molecule has 1 aliphatic rings. The summed E-state index contributed by atoms with van der Waals surface area (Å²) < 4.78 is 4.16. The standard InChI is InChI=1S/C13H11BrIN3O2S/c14-10-4-1-7(15)5-9(10)12-16-17-13(21-6-11(19)20)18(12)8-2-3-8/h1,4-5,8H,2-3,6H2,(H,19,20). The van der Waals surface area contributed by atoms with Crippen LogP contribution in [0.25, 0.3) is 11.4 Å². The van der Waals surface area contributed by atoms with E-state index in [1.54, 1.807) is 0 Å². The highest BCUT2D eigenvalue weighted by Gasteiger charge is 2.30. The van der Waals surface area contributed by atoms with Crippen LogP contribution in [0.4, 0.5) is 0 Å². The van der Waals surface area contributed by atoms with Gasteiger partial charge in [0.05, 0.1) is 5.75 Å². The minimum absolute atomic E-state index is 0.00164. The van der Waals surface area contributed by atoms with E-state index < -0.39 is 5.97 Å². The number of carboxylic acid groups (broad SMARTS) is 1. The molecule has 21 heavy (non-hydrogen) atoms. The fraction of sp³-hybridized carbons (Fsp3) is 0.308. The van der Waals surface area contributed by atoms with Crippen molar-refractivity contribution >= 4 is 56.3 Å². The van der Waals surface area contributed by atoms with E-state index in [2.05, 4.69) is 59.4 Å². The maximum Gasteiger partial charge on any atom is 0.313 e. The molecule has 3 rings (SSSR count). The first-order chi connectivity index (χ1) is 10.1. The highest BCUT2D eigenvalue weighted by Crippen LogP contribution is 2.42. The summed E-state index contributed by atoms with van der Waals surface area (Å²) in [7, 11) is 0. The second-order valence-corrected chi connectivity index (χ2v) is 7.76. The van der Waals surface area contributed by atoms with E-state index in [1.807, 2.05) is 12.1 Å². The zero-order valence-corrected chi connectivity index (χ0v) is 15.4. The van der Waals surface area contributed by atoms with Gasteiger partial charge in [-0.15, -0.1) is 10.2 Å². The van der Waals surface area contributed by atoms with E-state index in [-0.39, 0.29) is 5.75 Å². The van der Waals surface area contributed by atoms with E-state index in [0.29, 0.717) is 11.2 Å². The van der Waals surface area contributed by atoms with Crippen LogP contribution in [0.1, 0.15) is 18.9 Å². The number of aliphatic carboxylic acids is 1. The molecule has 1 aliphatic carbocycles. The minimum atomic E-state index is -0.845. The Balaban J connectivity index is 2.02. The molecule has 1 heterocycles. The Labute approximate surface area is 147 Å². The molecule has 2 aromatic rings. The average molecular weight is 480 g/mol. The number of hydrogen-bond donors (Lipinski definition) is 1. The largest absolute Gasteiger partial charge is 0.481 e. The highest BCUT2D eigenvalue weighted by molar-refractivity contribution is 14.1. The van der Waals surface area contributed by atoms with Crippen molar-refractivity contribution in [2.45, 2.75) is 24.0 Å². The number of halogens is 2. The third kappa shape index (κ3) is 3.42. The lowest BCUT2D eigenvalue weighted by Crippen LogP contribution is -2.03. The fourth-order valence-electron chi connectivity index (χ4n) is 2.02. The van der Waals surface area contributed by atoms with Crippen LogP contribution in [-0.4, -0.2) is 31.6 Å². The first-order valence-electron chi connectivity index (χ1n) is 6.31. The van der Waals surface area contributed by atoms with Gasteiger partial charge in [-0.05, 0) is 53.6 Å². The maximum absolute atomic E-state index is 10.8. The van der Waals surface area contributed by atoms with E-state index in [9.17, 15) is 4.79 Å². The third-order valence-corrected chi connectivity index (χ3v) is 5.36. The molecule has 8 heteroatoms. The lowest BCUT2D eigenvalue weighted by Gasteiger charge is -2.09. The van der Waals surface area contributed by atoms with Gasteiger partial charge >= 0.3 is 5.97 Å². The molecule has 1 fully saturated rings. The average Bonchev–Trinajstić information content (AvgIpc) is 3.19. The lowest BCUT2D eigenvalue weighted by molar-refractivity contribution is -0.133. The van der Waals surface area contributed by atoms with E-state index in [0.717, 1.165) is 32.3 Å². The number of aromatic nitrogens is 3. The molecular weight excluding hydrogens is 469 g/mol. The molecule has 0 bridgehead atoms. The Morgan fingerprint density at radius 3 is 2.90 bits per heavy atom. The molecule has 0 atom stereocenters. The Bertz CT molecular complexity index is 703. The molecule has 1 N–H and O–H groups in total. The Kier molecular flexibility index (Phi) is 4.55. The zero-order chi connectivity index (χ0) is 15.0. The van der Waals surface area contributed by atoms with Gasteiger partial charge in [-0.3, -0.25) is 9.36 Å². The van der Waals surface area contributed by atoms with Crippen molar-refractivity contribution < 1.29 is 9.90 Å². The molecule has 0 spiro atoms. The Hall–Kier alpha value is -0.610. The molecule has 0 saturated heterocycles. The monoisotopic (exact) mass is 479 g/mol. The summed E-state index contributed by atoms with van der Waals surface area (Å²) in [5.41, 5.74) is 0.989. The van der Waals surface area contributed by atoms with Gasteiger partial charge in [-0.1, -0.05) is 27.7 Å². The number of hydrogen-bond acceptors (Lipinski definition) is 4. The van der Waals surface area contributed by atoms with E-state index in [4.69, 9.17) is 5.11 Å². The van der Waals surface area contributed by atoms with Crippen LogP contribution in [0.3, 0.4) is 0 Å². The normalized spacial score (nSPS) is 14.4. The van der Waals surface area contributed by atoms with Crippen molar-refractivity contribution in [1.29, 1.82) is 0 Å². The summed E-state index contributed by atoms with van der Waals surface area (Å²) in [4.78, 5) is 10.8. The molecule has 110 valence electrons. The molecule has 0 radical (unpaired) electrons. The van der Waals surface area contributed by atoms with Crippen LogP contribution in [0, 0.1) is 3.57 Å². The van der Waals surface area contributed by atoms with E-state index >= 15 is 0 Å². The van der Waals surface area contributed by atoms with Gasteiger partial charge in [0.15, 0.2) is 11.0 Å². The molecule has 1 saturated carbocycles. The van der Waals surface area contributed by atoms with E-state index in [1.165, 1.54) is 11.8 Å². The first-order valence-corrected chi connectivity index (χ1v) is 9.17. The van der Waals surface area contributed by atoms with Gasteiger partial charge in [0, 0.05) is 19.6 Å². The van der Waals surface area contributed by atoms with Gasteiger partial charge in [-0.2, -0.15) is 0 Å². The van der Waals surface area contributed by atoms with Crippen molar-refractivity contribution in [2.75, 3.05) is 5.75 Å². The third-order valence-electron chi connectivity index (χ3n) is 3.07. The van der Waals surface area contributed by atoms with Crippen LogP contribution in [-0.2, 0) is 4.79 Å². The molecule has 0 unspecified atom stereocenters. The lowest BCUT2D eigenvalue weighted by atomic mass is 10.2. The van der Waals surface area contributed by atoms with Crippen LogP contribution in [0.5, 0.6) is 0 Å². The van der Waals surface area contributed by atoms with Crippen molar-refractivity contribution in [3.05, 3.63) is 26.2 Å². The Morgan fingerprint density at radius 2 is 2.24 bits per heavy atom.